The number of nitrogens with two attached hydrogens (primary N) is 1. The van der Waals surface area contributed by atoms with Gasteiger partial charge in [-0.2, -0.15) is 10.2 Å². The maximum Gasteiger partial charge on any atom is 0.222 e. The van der Waals surface area contributed by atoms with Gasteiger partial charge in [-0.3, -0.25) is 0 Å². The van der Waals surface area contributed by atoms with Crippen LogP contribution in [0.1, 0.15) is 12.5 Å². The highest BCUT2D eigenvalue weighted by molar-refractivity contribution is 5.77. The second-order valence-corrected chi connectivity index (χ2v) is 5.19. The fourth-order valence-electron chi connectivity index (χ4n) is 2.63. The molecule has 2 N–H and O–H groups in total. The summed E-state index contributed by atoms with van der Waals surface area (Å²) in [6.07, 6.45) is 0. The molecule has 24 heavy (non-hydrogen) atoms. The Hall–Kier alpha value is -3.39. The molecule has 3 aromatic rings. The van der Waals surface area contributed by atoms with Gasteiger partial charge in [0, 0.05) is 17.8 Å². The largest absolute Gasteiger partial charge is 0.368 e. The van der Waals surface area contributed by atoms with Gasteiger partial charge in [0.2, 0.25) is 5.95 Å². The maximum atomic E-state index is 9.75. The van der Waals surface area contributed by atoms with Crippen molar-refractivity contribution in [3.05, 3.63) is 66.2 Å². The average molecular weight is 315 g/mol. The number of nitrogens with zero attached hydrogens (tertiary/aromatic N) is 4. The molecule has 1 aromatic heterocycles. The summed E-state index contributed by atoms with van der Waals surface area (Å²) in [6.45, 7) is 2.66. The molecule has 0 spiro atoms. The first-order chi connectivity index (χ1) is 11.7. The van der Waals surface area contributed by atoms with E-state index in [-0.39, 0.29) is 5.95 Å². The number of para-hydroxylation sites is 1. The molecule has 0 aliphatic heterocycles. The molecule has 0 aliphatic rings. The SMILES string of the molecule is CCN(c1ccccc1)c1nc(N)nc(-c2ccccc2)c1C#N. The monoisotopic (exact) mass is 315 g/mol. The molecule has 1 heterocycles. The van der Waals surface area contributed by atoms with Crippen molar-refractivity contribution >= 4 is 17.5 Å². The molecule has 5 heteroatoms. The molecule has 0 fully saturated rings. The third-order valence-corrected chi connectivity index (χ3v) is 3.71. The van der Waals surface area contributed by atoms with Gasteiger partial charge < -0.3 is 10.6 Å². The minimum absolute atomic E-state index is 0.150. The van der Waals surface area contributed by atoms with Gasteiger partial charge in [0.25, 0.3) is 0 Å². The molecule has 118 valence electrons. The van der Waals surface area contributed by atoms with Gasteiger partial charge in [0.1, 0.15) is 11.6 Å². The third kappa shape index (κ3) is 2.90. The van der Waals surface area contributed by atoms with Crippen LogP contribution in [0.25, 0.3) is 11.3 Å². The Bertz CT molecular complexity index is 870. The summed E-state index contributed by atoms with van der Waals surface area (Å²) in [7, 11) is 0. The van der Waals surface area contributed by atoms with E-state index in [2.05, 4.69) is 16.0 Å². The van der Waals surface area contributed by atoms with Crippen LogP contribution < -0.4 is 10.6 Å². The van der Waals surface area contributed by atoms with Crippen molar-refractivity contribution in [1.29, 1.82) is 5.26 Å². The molecule has 0 amide bonds. The summed E-state index contributed by atoms with van der Waals surface area (Å²) >= 11 is 0. The number of benzene rings is 2. The van der Waals surface area contributed by atoms with Crippen LogP contribution in [0.3, 0.4) is 0 Å². The summed E-state index contributed by atoms with van der Waals surface area (Å²) in [5.41, 5.74) is 8.69. The lowest BCUT2D eigenvalue weighted by molar-refractivity contribution is 0.977. The normalized spacial score (nSPS) is 10.2. The van der Waals surface area contributed by atoms with E-state index in [0.29, 0.717) is 23.6 Å². The molecule has 0 radical (unpaired) electrons. The first-order valence-electron chi connectivity index (χ1n) is 7.70. The lowest BCUT2D eigenvalue weighted by Gasteiger charge is -2.24. The minimum Gasteiger partial charge on any atom is -0.368 e. The second-order valence-electron chi connectivity index (χ2n) is 5.19. The molecule has 5 nitrogen and oxygen atoms in total. The van der Waals surface area contributed by atoms with Gasteiger partial charge in [-0.05, 0) is 19.1 Å². The Morgan fingerprint density at radius 3 is 2.21 bits per heavy atom. The summed E-state index contributed by atoms with van der Waals surface area (Å²) in [5, 5.41) is 9.75. The maximum absolute atomic E-state index is 9.75. The number of nitriles is 1. The van der Waals surface area contributed by atoms with Gasteiger partial charge >= 0.3 is 0 Å². The molecule has 0 saturated carbocycles. The van der Waals surface area contributed by atoms with Crippen LogP contribution in [-0.4, -0.2) is 16.5 Å². The lowest BCUT2D eigenvalue weighted by atomic mass is 10.1. The summed E-state index contributed by atoms with van der Waals surface area (Å²) in [6, 6.07) is 21.6. The molecular formula is C19H17N5. The Morgan fingerprint density at radius 1 is 1.00 bits per heavy atom. The van der Waals surface area contributed by atoms with Crippen LogP contribution in [0.5, 0.6) is 0 Å². The molecule has 0 bridgehead atoms. The van der Waals surface area contributed by atoms with E-state index in [0.717, 1.165) is 11.3 Å². The number of rotatable bonds is 4. The Balaban J connectivity index is 2.22. The van der Waals surface area contributed by atoms with Crippen molar-refractivity contribution < 1.29 is 0 Å². The van der Waals surface area contributed by atoms with Crippen molar-refractivity contribution in [2.75, 3.05) is 17.2 Å². The first kappa shape index (κ1) is 15.5. The fourth-order valence-corrected chi connectivity index (χ4v) is 2.63. The zero-order valence-corrected chi connectivity index (χ0v) is 13.3. The molecule has 0 aliphatic carbocycles. The number of anilines is 3. The van der Waals surface area contributed by atoms with Crippen molar-refractivity contribution in [2.24, 2.45) is 0 Å². The number of hydrogen-bond acceptors (Lipinski definition) is 5. The van der Waals surface area contributed by atoms with Crippen LogP contribution in [-0.2, 0) is 0 Å². The van der Waals surface area contributed by atoms with E-state index in [1.807, 2.05) is 72.5 Å². The third-order valence-electron chi connectivity index (χ3n) is 3.71. The van der Waals surface area contributed by atoms with E-state index in [1.165, 1.54) is 0 Å². The summed E-state index contributed by atoms with van der Waals surface area (Å²) < 4.78 is 0. The van der Waals surface area contributed by atoms with Crippen molar-refractivity contribution in [2.45, 2.75) is 6.92 Å². The van der Waals surface area contributed by atoms with Crippen LogP contribution >= 0.6 is 0 Å². The molecule has 0 saturated heterocycles. The van der Waals surface area contributed by atoms with Crippen LogP contribution in [0.2, 0.25) is 0 Å². The van der Waals surface area contributed by atoms with E-state index in [4.69, 9.17) is 5.73 Å². The number of aromatic nitrogens is 2. The smallest absolute Gasteiger partial charge is 0.222 e. The minimum atomic E-state index is 0.150. The van der Waals surface area contributed by atoms with Gasteiger partial charge in [0.15, 0.2) is 5.82 Å². The molecular weight excluding hydrogens is 298 g/mol. The van der Waals surface area contributed by atoms with Gasteiger partial charge in [-0.1, -0.05) is 48.5 Å². The van der Waals surface area contributed by atoms with E-state index >= 15 is 0 Å². The second kappa shape index (κ2) is 6.80. The van der Waals surface area contributed by atoms with Gasteiger partial charge in [0.05, 0.1) is 5.69 Å². The topological polar surface area (TPSA) is 78.8 Å². The van der Waals surface area contributed by atoms with Crippen LogP contribution in [0.4, 0.5) is 17.5 Å². The van der Waals surface area contributed by atoms with Crippen molar-refractivity contribution in [1.82, 2.24) is 9.97 Å². The standard InChI is InChI=1S/C19H17N5/c1-2-24(15-11-7-4-8-12-15)18-16(13-20)17(22-19(21)23-18)14-9-5-3-6-10-14/h3-12H,2H2,1H3,(H2,21,22,23). The van der Waals surface area contributed by atoms with Crippen LogP contribution in [0, 0.1) is 11.3 Å². The first-order valence-corrected chi connectivity index (χ1v) is 7.70. The predicted molar refractivity (Wildman–Crippen MR) is 95.7 cm³/mol. The Labute approximate surface area is 141 Å². The van der Waals surface area contributed by atoms with Crippen molar-refractivity contribution in [3.63, 3.8) is 0 Å². The highest BCUT2D eigenvalue weighted by atomic mass is 15.2. The van der Waals surface area contributed by atoms with E-state index < -0.39 is 0 Å². The zero-order valence-electron chi connectivity index (χ0n) is 13.3. The van der Waals surface area contributed by atoms with E-state index in [1.54, 1.807) is 0 Å². The van der Waals surface area contributed by atoms with Gasteiger partial charge in [-0.15, -0.1) is 0 Å². The Morgan fingerprint density at radius 2 is 1.62 bits per heavy atom. The average Bonchev–Trinajstić information content (AvgIpc) is 2.63. The summed E-state index contributed by atoms with van der Waals surface area (Å²) in [5.74, 6) is 0.676. The highest BCUT2D eigenvalue weighted by Crippen LogP contribution is 2.32. The zero-order chi connectivity index (χ0) is 16.9. The number of nitrogen functional groups attached to an aromatic ring is 1. The van der Waals surface area contributed by atoms with Crippen molar-refractivity contribution in [3.8, 4) is 17.3 Å². The molecule has 2 aromatic carbocycles. The van der Waals surface area contributed by atoms with E-state index in [9.17, 15) is 5.26 Å². The lowest BCUT2D eigenvalue weighted by Crippen LogP contribution is -2.20. The predicted octanol–water partition coefficient (Wildman–Crippen LogP) is 3.76. The van der Waals surface area contributed by atoms with Gasteiger partial charge in [-0.25, -0.2) is 4.98 Å². The molecule has 0 unspecified atom stereocenters. The fraction of sp³-hybridized carbons (Fsp3) is 0.105. The highest BCUT2D eigenvalue weighted by Gasteiger charge is 2.20. The van der Waals surface area contributed by atoms with Crippen LogP contribution in [0.15, 0.2) is 60.7 Å². The summed E-state index contributed by atoms with van der Waals surface area (Å²) in [4.78, 5) is 10.6. The molecule has 3 rings (SSSR count). The number of hydrogen-bond donors (Lipinski definition) is 1. The Kier molecular flexibility index (Phi) is 4.39. The quantitative estimate of drug-likeness (QED) is 0.793. The molecule has 0 atom stereocenters.